The highest BCUT2D eigenvalue weighted by molar-refractivity contribution is 7.17. The van der Waals surface area contributed by atoms with Crippen molar-refractivity contribution in [1.82, 2.24) is 4.98 Å². The Hall–Kier alpha value is -2.41. The van der Waals surface area contributed by atoms with Gasteiger partial charge in [-0.3, -0.25) is 9.59 Å². The summed E-state index contributed by atoms with van der Waals surface area (Å²) in [7, 11) is 0. The lowest BCUT2D eigenvalue weighted by Gasteiger charge is -2.21. The number of hydrogen-bond donors (Lipinski definition) is 1. The van der Waals surface area contributed by atoms with E-state index in [0.717, 1.165) is 11.8 Å². The van der Waals surface area contributed by atoms with Gasteiger partial charge in [-0.2, -0.15) is 0 Å². The number of carbonyl (C=O) groups is 2. The molecule has 0 fully saturated rings. The van der Waals surface area contributed by atoms with Gasteiger partial charge in [0.05, 0.1) is 27.0 Å². The Morgan fingerprint density at radius 1 is 1.14 bits per heavy atom. The quantitative estimate of drug-likeness (QED) is 0.479. The van der Waals surface area contributed by atoms with Crippen molar-refractivity contribution in [2.75, 3.05) is 11.4 Å². The molecule has 0 aliphatic rings. The van der Waals surface area contributed by atoms with Gasteiger partial charge in [-0.25, -0.2) is 4.98 Å². The normalized spacial score (nSPS) is 10.6. The van der Waals surface area contributed by atoms with Crippen LogP contribution in [-0.4, -0.2) is 28.9 Å². The molecule has 0 atom stereocenters. The lowest BCUT2D eigenvalue weighted by Crippen LogP contribution is -2.25. The van der Waals surface area contributed by atoms with E-state index in [-0.39, 0.29) is 13.0 Å². The zero-order valence-electron chi connectivity index (χ0n) is 14.6. The number of carboxylic acids is 1. The molecule has 3 rings (SSSR count). The van der Waals surface area contributed by atoms with Crippen LogP contribution in [0.1, 0.15) is 21.7 Å². The van der Waals surface area contributed by atoms with Gasteiger partial charge in [0.15, 0.2) is 11.4 Å². The van der Waals surface area contributed by atoms with Crippen molar-refractivity contribution >= 4 is 51.9 Å². The second kappa shape index (κ2) is 9.19. The number of carbonyl (C=O) groups excluding carboxylic acids is 1. The maximum Gasteiger partial charge on any atom is 0.305 e. The molecule has 5 nitrogen and oxygen atoms in total. The van der Waals surface area contributed by atoms with E-state index in [2.05, 4.69) is 4.98 Å². The summed E-state index contributed by atoms with van der Waals surface area (Å²) in [4.78, 5) is 29.6. The summed E-state index contributed by atoms with van der Waals surface area (Å²) in [5.41, 5.74) is 2.20. The fourth-order valence-corrected chi connectivity index (χ4v) is 3.89. The first-order valence-corrected chi connectivity index (χ1v) is 9.97. The van der Waals surface area contributed by atoms with Crippen LogP contribution in [-0.2, 0) is 11.3 Å². The van der Waals surface area contributed by atoms with Crippen LogP contribution in [0.4, 0.5) is 5.13 Å². The molecule has 0 unspecified atom stereocenters. The molecule has 0 radical (unpaired) electrons. The molecule has 3 aromatic rings. The number of anilines is 1. The van der Waals surface area contributed by atoms with Gasteiger partial charge in [-0.05, 0) is 17.7 Å². The van der Waals surface area contributed by atoms with Crippen LogP contribution < -0.4 is 4.90 Å². The first-order valence-electron chi connectivity index (χ1n) is 8.40. The van der Waals surface area contributed by atoms with E-state index in [4.69, 9.17) is 28.3 Å². The van der Waals surface area contributed by atoms with Gasteiger partial charge < -0.3 is 10.0 Å². The summed E-state index contributed by atoms with van der Waals surface area (Å²) in [6.45, 7) is 0.762. The Morgan fingerprint density at radius 3 is 2.54 bits per heavy atom. The summed E-state index contributed by atoms with van der Waals surface area (Å²) < 4.78 is 0. The number of aldehydes is 1. The zero-order valence-corrected chi connectivity index (χ0v) is 17.0. The highest BCUT2D eigenvalue weighted by atomic mass is 35.5. The Bertz CT molecular complexity index is 992. The van der Waals surface area contributed by atoms with Gasteiger partial charge in [0.1, 0.15) is 0 Å². The largest absolute Gasteiger partial charge is 0.481 e. The third-order valence-electron chi connectivity index (χ3n) is 4.02. The van der Waals surface area contributed by atoms with Gasteiger partial charge in [0.2, 0.25) is 0 Å². The lowest BCUT2D eigenvalue weighted by atomic mass is 10.1. The van der Waals surface area contributed by atoms with E-state index in [1.807, 2.05) is 35.2 Å². The summed E-state index contributed by atoms with van der Waals surface area (Å²) in [5, 5.41) is 10.5. The molecule has 144 valence electrons. The van der Waals surface area contributed by atoms with Crippen molar-refractivity contribution in [1.29, 1.82) is 0 Å². The molecule has 28 heavy (non-hydrogen) atoms. The molecule has 0 aliphatic carbocycles. The average Bonchev–Trinajstić information content (AvgIpc) is 3.12. The Morgan fingerprint density at radius 2 is 1.89 bits per heavy atom. The molecule has 0 saturated heterocycles. The van der Waals surface area contributed by atoms with E-state index < -0.39 is 5.97 Å². The molecule has 1 N–H and O–H groups in total. The molecule has 1 aromatic heterocycles. The van der Waals surface area contributed by atoms with Crippen molar-refractivity contribution in [3.05, 3.63) is 69.0 Å². The van der Waals surface area contributed by atoms with Crippen LogP contribution >= 0.6 is 34.5 Å². The van der Waals surface area contributed by atoms with E-state index in [0.29, 0.717) is 37.9 Å². The van der Waals surface area contributed by atoms with Crippen molar-refractivity contribution in [3.8, 4) is 11.3 Å². The number of halogens is 2. The molecule has 8 heteroatoms. The van der Waals surface area contributed by atoms with Crippen LogP contribution in [0.2, 0.25) is 10.0 Å². The van der Waals surface area contributed by atoms with E-state index in [9.17, 15) is 9.59 Å². The highest BCUT2D eigenvalue weighted by Gasteiger charge is 2.19. The number of benzene rings is 2. The minimum absolute atomic E-state index is 0.0368. The van der Waals surface area contributed by atoms with Crippen molar-refractivity contribution in [2.45, 2.75) is 13.0 Å². The number of carboxylic acid groups (broad SMARTS) is 1. The van der Waals surface area contributed by atoms with Crippen LogP contribution in [0.25, 0.3) is 11.3 Å². The fraction of sp³-hybridized carbons (Fsp3) is 0.150. The van der Waals surface area contributed by atoms with Gasteiger partial charge in [-0.15, -0.1) is 0 Å². The lowest BCUT2D eigenvalue weighted by molar-refractivity contribution is -0.136. The van der Waals surface area contributed by atoms with Crippen molar-refractivity contribution in [3.63, 3.8) is 0 Å². The smallest absolute Gasteiger partial charge is 0.305 e. The summed E-state index contributed by atoms with van der Waals surface area (Å²) in [5.74, 6) is -0.894. The number of aromatic nitrogens is 1. The van der Waals surface area contributed by atoms with E-state index in [1.165, 1.54) is 11.3 Å². The SMILES string of the molecule is O=Cc1sc(N(CCC(=O)O)Cc2ccccc2)nc1-c1ccc(Cl)c(Cl)c1. The Labute approximate surface area is 176 Å². The molecule has 0 aliphatic heterocycles. The molecular formula is C20H16Cl2N2O3S. The molecule has 0 saturated carbocycles. The first kappa shape index (κ1) is 20.3. The third kappa shape index (κ3) is 4.90. The summed E-state index contributed by atoms with van der Waals surface area (Å²) >= 11 is 13.3. The highest BCUT2D eigenvalue weighted by Crippen LogP contribution is 2.35. The number of aliphatic carboxylic acids is 1. The monoisotopic (exact) mass is 434 g/mol. The predicted octanol–water partition coefficient (Wildman–Crippen LogP) is 5.41. The fourth-order valence-electron chi connectivity index (χ4n) is 2.66. The first-order chi connectivity index (χ1) is 13.5. The van der Waals surface area contributed by atoms with E-state index in [1.54, 1.807) is 18.2 Å². The maximum atomic E-state index is 11.6. The second-order valence-corrected chi connectivity index (χ2v) is 7.83. The van der Waals surface area contributed by atoms with Gasteiger partial charge in [-0.1, -0.05) is 70.9 Å². The summed E-state index contributed by atoms with van der Waals surface area (Å²) in [6, 6.07) is 14.7. The molecular weight excluding hydrogens is 419 g/mol. The van der Waals surface area contributed by atoms with Crippen LogP contribution in [0.5, 0.6) is 0 Å². The topological polar surface area (TPSA) is 70.5 Å². The van der Waals surface area contributed by atoms with Gasteiger partial charge >= 0.3 is 5.97 Å². The van der Waals surface area contributed by atoms with Crippen LogP contribution in [0, 0.1) is 0 Å². The minimum atomic E-state index is -0.894. The molecule has 2 aromatic carbocycles. The minimum Gasteiger partial charge on any atom is -0.481 e. The van der Waals surface area contributed by atoms with E-state index >= 15 is 0 Å². The second-order valence-electron chi connectivity index (χ2n) is 6.01. The van der Waals surface area contributed by atoms with Gasteiger partial charge in [0.25, 0.3) is 0 Å². The molecule has 0 spiro atoms. The number of nitrogens with zero attached hydrogens (tertiary/aromatic N) is 2. The number of hydrogen-bond acceptors (Lipinski definition) is 5. The standard InChI is InChI=1S/C20H16Cl2N2O3S/c21-15-7-6-14(10-16(15)22)19-17(12-25)28-20(23-19)24(9-8-18(26)27)11-13-4-2-1-3-5-13/h1-7,10,12H,8-9,11H2,(H,26,27). The third-order valence-corrected chi connectivity index (χ3v) is 5.81. The van der Waals surface area contributed by atoms with Crippen LogP contribution in [0.15, 0.2) is 48.5 Å². The molecule has 0 amide bonds. The van der Waals surface area contributed by atoms with Crippen molar-refractivity contribution < 1.29 is 14.7 Å². The molecule has 0 bridgehead atoms. The summed E-state index contributed by atoms with van der Waals surface area (Å²) in [6.07, 6.45) is 0.710. The molecule has 1 heterocycles. The predicted molar refractivity (Wildman–Crippen MR) is 113 cm³/mol. The number of rotatable bonds is 8. The average molecular weight is 435 g/mol. The van der Waals surface area contributed by atoms with Crippen LogP contribution in [0.3, 0.4) is 0 Å². The Kier molecular flexibility index (Phi) is 6.67. The maximum absolute atomic E-state index is 11.6. The van der Waals surface area contributed by atoms with Gasteiger partial charge in [0, 0.05) is 18.7 Å². The Balaban J connectivity index is 1.97. The van der Waals surface area contributed by atoms with Crippen molar-refractivity contribution in [2.24, 2.45) is 0 Å². The zero-order chi connectivity index (χ0) is 20.1. The number of thiazole rings is 1.